The predicted molar refractivity (Wildman–Crippen MR) is 142 cm³/mol. The van der Waals surface area contributed by atoms with Gasteiger partial charge >= 0.3 is 6.09 Å². The first-order valence-electron chi connectivity index (χ1n) is 12.5. The van der Waals surface area contributed by atoms with Crippen LogP contribution in [0, 0.1) is 12.3 Å². The molecule has 0 spiro atoms. The highest BCUT2D eigenvalue weighted by atomic mass is 16.4. The Kier molecular flexibility index (Phi) is 6.01. The first-order chi connectivity index (χ1) is 17.5. The van der Waals surface area contributed by atoms with Gasteiger partial charge in [-0.05, 0) is 48.9 Å². The minimum absolute atomic E-state index is 0.0519. The van der Waals surface area contributed by atoms with Gasteiger partial charge in [-0.1, -0.05) is 45.0 Å². The number of rotatable bonds is 3. The summed E-state index contributed by atoms with van der Waals surface area (Å²) in [5.74, 6) is -0.290. The van der Waals surface area contributed by atoms with Gasteiger partial charge in [0.05, 0.1) is 22.3 Å². The summed E-state index contributed by atoms with van der Waals surface area (Å²) < 4.78 is 1.75. The molecule has 9 heteroatoms. The Morgan fingerprint density at radius 1 is 1.14 bits per heavy atom. The number of aromatic amines is 1. The second-order valence-corrected chi connectivity index (χ2v) is 10.9. The van der Waals surface area contributed by atoms with Crippen molar-refractivity contribution in [2.75, 3.05) is 11.9 Å². The summed E-state index contributed by atoms with van der Waals surface area (Å²) in [6.45, 7) is 8.38. The number of benzene rings is 2. The fourth-order valence-electron chi connectivity index (χ4n) is 5.48. The third-order valence-corrected chi connectivity index (χ3v) is 7.37. The number of hydrogen-bond donors (Lipinski definition) is 3. The van der Waals surface area contributed by atoms with E-state index in [2.05, 4.69) is 10.3 Å². The van der Waals surface area contributed by atoms with Crippen molar-refractivity contribution in [2.45, 2.75) is 52.5 Å². The van der Waals surface area contributed by atoms with Gasteiger partial charge in [0, 0.05) is 30.1 Å². The molecule has 0 saturated carbocycles. The Morgan fingerprint density at radius 2 is 1.89 bits per heavy atom. The van der Waals surface area contributed by atoms with Crippen LogP contribution in [0.3, 0.4) is 0 Å². The lowest BCUT2D eigenvalue weighted by Gasteiger charge is -2.44. The van der Waals surface area contributed by atoms with Gasteiger partial charge in [0.1, 0.15) is 5.65 Å². The molecule has 192 valence electrons. The average molecular weight is 502 g/mol. The second-order valence-electron chi connectivity index (χ2n) is 10.9. The molecule has 2 atom stereocenters. The van der Waals surface area contributed by atoms with Crippen LogP contribution in [0.15, 0.2) is 53.3 Å². The molecule has 0 bridgehead atoms. The standard InChI is InChI=1S/C28H31N5O4/c1-16-8-5-6-9-18(16)26(35)29-19-10-7-11-20-24(19)25-30-23(34)15-21(33(25)31-20)17-12-13-32(27(36)37)22(14-17)28(2,3)4/h5-11,15,17,22H,12-14H2,1-4H3,(H,29,35)(H,30,34)(H,36,37). The smallest absolute Gasteiger partial charge is 0.407 e. The number of nitrogens with zero attached hydrogens (tertiary/aromatic N) is 3. The minimum atomic E-state index is -0.923. The lowest BCUT2D eigenvalue weighted by molar-refractivity contribution is 0.0518. The Hall–Kier alpha value is -4.14. The normalized spacial score (nSPS) is 18.3. The molecule has 9 nitrogen and oxygen atoms in total. The highest BCUT2D eigenvalue weighted by molar-refractivity contribution is 6.12. The topological polar surface area (TPSA) is 120 Å². The maximum absolute atomic E-state index is 13.1. The van der Waals surface area contributed by atoms with Crippen molar-refractivity contribution in [1.29, 1.82) is 0 Å². The number of aryl methyl sites for hydroxylation is 1. The molecule has 0 aliphatic carbocycles. The molecule has 5 rings (SSSR count). The largest absolute Gasteiger partial charge is 0.465 e. The lowest BCUT2D eigenvalue weighted by atomic mass is 9.76. The van der Waals surface area contributed by atoms with E-state index in [0.717, 1.165) is 11.3 Å². The number of amides is 2. The van der Waals surface area contributed by atoms with Crippen LogP contribution in [0.2, 0.25) is 0 Å². The van der Waals surface area contributed by atoms with Gasteiger partial charge < -0.3 is 20.3 Å². The van der Waals surface area contributed by atoms with Crippen LogP contribution in [0.5, 0.6) is 0 Å². The molecule has 4 aromatic rings. The quantitative estimate of drug-likeness (QED) is 0.365. The van der Waals surface area contributed by atoms with E-state index in [-0.39, 0.29) is 28.8 Å². The van der Waals surface area contributed by atoms with Crippen LogP contribution >= 0.6 is 0 Å². The number of hydrogen-bond acceptors (Lipinski definition) is 4. The van der Waals surface area contributed by atoms with E-state index in [1.54, 1.807) is 22.7 Å². The predicted octanol–water partition coefficient (Wildman–Crippen LogP) is 5.01. The number of carbonyl (C=O) groups is 2. The van der Waals surface area contributed by atoms with Crippen molar-refractivity contribution in [3.8, 4) is 0 Å². The number of aromatic nitrogens is 3. The van der Waals surface area contributed by atoms with Gasteiger partial charge in [-0.25, -0.2) is 9.31 Å². The summed E-state index contributed by atoms with van der Waals surface area (Å²) in [5.41, 5.74) is 3.35. The molecule has 3 heterocycles. The summed E-state index contributed by atoms with van der Waals surface area (Å²) in [7, 11) is 0. The SMILES string of the molecule is Cc1ccccc1C(=O)Nc1cccc2nn3c(C4CCN(C(=O)O)C(C(C)(C)C)C4)cc(=O)[nH]c3c12. The van der Waals surface area contributed by atoms with E-state index >= 15 is 0 Å². The van der Waals surface area contributed by atoms with Crippen molar-refractivity contribution >= 4 is 34.2 Å². The fourth-order valence-corrected chi connectivity index (χ4v) is 5.48. The maximum atomic E-state index is 13.1. The Bertz CT molecular complexity index is 1580. The van der Waals surface area contributed by atoms with Gasteiger partial charge in [-0.2, -0.15) is 5.10 Å². The molecule has 2 amide bonds. The number of anilines is 1. The van der Waals surface area contributed by atoms with E-state index in [1.807, 2.05) is 58.0 Å². The number of carboxylic acid groups (broad SMARTS) is 1. The van der Waals surface area contributed by atoms with Gasteiger partial charge in [0.15, 0.2) is 0 Å². The summed E-state index contributed by atoms with van der Waals surface area (Å²) in [4.78, 5) is 42.3. The van der Waals surface area contributed by atoms with E-state index in [4.69, 9.17) is 5.10 Å². The third kappa shape index (κ3) is 4.45. The Morgan fingerprint density at radius 3 is 2.59 bits per heavy atom. The van der Waals surface area contributed by atoms with Gasteiger partial charge in [-0.15, -0.1) is 0 Å². The third-order valence-electron chi connectivity index (χ3n) is 7.37. The average Bonchev–Trinajstić information content (AvgIpc) is 3.22. The molecule has 1 saturated heterocycles. The van der Waals surface area contributed by atoms with Crippen molar-refractivity contribution in [2.24, 2.45) is 5.41 Å². The number of likely N-dealkylation sites (tertiary alicyclic amines) is 1. The molecule has 2 aromatic heterocycles. The van der Waals surface area contributed by atoms with Crippen LogP contribution in [0.25, 0.3) is 16.6 Å². The molecule has 0 radical (unpaired) electrons. The first-order valence-corrected chi connectivity index (χ1v) is 12.5. The van der Waals surface area contributed by atoms with Crippen LogP contribution in [-0.4, -0.2) is 49.2 Å². The molecule has 37 heavy (non-hydrogen) atoms. The highest BCUT2D eigenvalue weighted by Crippen LogP contribution is 2.39. The maximum Gasteiger partial charge on any atom is 0.407 e. The van der Waals surface area contributed by atoms with Crippen molar-refractivity contribution in [3.63, 3.8) is 0 Å². The monoisotopic (exact) mass is 501 g/mol. The summed E-state index contributed by atoms with van der Waals surface area (Å²) in [6.07, 6.45) is 0.250. The summed E-state index contributed by atoms with van der Waals surface area (Å²) >= 11 is 0. The van der Waals surface area contributed by atoms with E-state index in [9.17, 15) is 19.5 Å². The molecule has 3 N–H and O–H groups in total. The van der Waals surface area contributed by atoms with E-state index in [1.165, 1.54) is 4.90 Å². The van der Waals surface area contributed by atoms with Gasteiger partial charge in [0.2, 0.25) is 0 Å². The lowest BCUT2D eigenvalue weighted by Crippen LogP contribution is -2.51. The number of fused-ring (bicyclic) bond motifs is 3. The van der Waals surface area contributed by atoms with Crippen LogP contribution < -0.4 is 10.9 Å². The Balaban J connectivity index is 1.59. The van der Waals surface area contributed by atoms with Crippen molar-refractivity contribution < 1.29 is 14.7 Å². The summed E-state index contributed by atoms with van der Waals surface area (Å²) in [6, 6.07) is 14.2. The van der Waals surface area contributed by atoms with Crippen LogP contribution in [0.4, 0.5) is 10.5 Å². The number of nitrogens with one attached hydrogen (secondary N) is 2. The highest BCUT2D eigenvalue weighted by Gasteiger charge is 2.40. The molecule has 2 aromatic carbocycles. The Labute approximate surface area is 214 Å². The number of piperidine rings is 1. The number of carbonyl (C=O) groups excluding carboxylic acids is 1. The van der Waals surface area contributed by atoms with Crippen LogP contribution in [-0.2, 0) is 0 Å². The first kappa shape index (κ1) is 24.5. The number of H-pyrrole nitrogens is 1. The van der Waals surface area contributed by atoms with E-state index in [0.29, 0.717) is 47.2 Å². The minimum Gasteiger partial charge on any atom is -0.465 e. The van der Waals surface area contributed by atoms with Gasteiger partial charge in [-0.3, -0.25) is 9.59 Å². The van der Waals surface area contributed by atoms with Crippen molar-refractivity contribution in [3.05, 3.63) is 75.7 Å². The molecule has 1 aliphatic heterocycles. The zero-order chi connectivity index (χ0) is 26.5. The zero-order valence-electron chi connectivity index (χ0n) is 21.4. The molecular formula is C28H31N5O4. The summed E-state index contributed by atoms with van der Waals surface area (Å²) in [5, 5.41) is 18.2. The van der Waals surface area contributed by atoms with Crippen LogP contribution in [0.1, 0.15) is 61.1 Å². The molecular weight excluding hydrogens is 470 g/mol. The fraction of sp³-hybridized carbons (Fsp3) is 0.357. The zero-order valence-corrected chi connectivity index (χ0v) is 21.4. The van der Waals surface area contributed by atoms with Crippen molar-refractivity contribution in [1.82, 2.24) is 19.5 Å². The molecule has 2 unspecified atom stereocenters. The molecule has 1 aliphatic rings. The van der Waals surface area contributed by atoms with E-state index < -0.39 is 6.09 Å². The van der Waals surface area contributed by atoms with Gasteiger partial charge in [0.25, 0.3) is 11.5 Å². The molecule has 1 fully saturated rings. The second kappa shape index (κ2) is 9.06.